The van der Waals surface area contributed by atoms with Crippen LogP contribution in [0.15, 0.2) is 5.16 Å². The lowest BCUT2D eigenvalue weighted by molar-refractivity contribution is 0.299. The number of aromatic nitrogens is 4. The summed E-state index contributed by atoms with van der Waals surface area (Å²) in [5.41, 5.74) is 0.359. The third-order valence-electron chi connectivity index (χ3n) is 4.99. The number of tetrazole rings is 1. The van der Waals surface area contributed by atoms with Crippen molar-refractivity contribution in [3.05, 3.63) is 0 Å². The number of rotatable bonds is 4. The summed E-state index contributed by atoms with van der Waals surface area (Å²) in [5, 5.41) is 17.5. The maximum Gasteiger partial charge on any atom is 0.209 e. The van der Waals surface area contributed by atoms with Gasteiger partial charge in [0.25, 0.3) is 0 Å². The lowest BCUT2D eigenvalue weighted by atomic mass is 9.87. The minimum atomic E-state index is 0.359. The van der Waals surface area contributed by atoms with Crippen LogP contribution in [0.25, 0.3) is 0 Å². The molecule has 1 heterocycles. The van der Waals surface area contributed by atoms with Crippen LogP contribution in [0.1, 0.15) is 58.4 Å². The van der Waals surface area contributed by atoms with Crippen LogP contribution in [-0.2, 0) is 0 Å². The van der Waals surface area contributed by atoms with E-state index in [9.17, 15) is 0 Å². The van der Waals surface area contributed by atoms with E-state index in [-0.39, 0.29) is 0 Å². The lowest BCUT2D eigenvalue weighted by Crippen LogP contribution is -2.41. The second-order valence-corrected chi connectivity index (χ2v) is 8.00. The van der Waals surface area contributed by atoms with Crippen LogP contribution in [0.3, 0.4) is 0 Å². The summed E-state index contributed by atoms with van der Waals surface area (Å²) in [6.45, 7) is 4.71. The molecule has 2 aliphatic rings. The van der Waals surface area contributed by atoms with E-state index in [0.29, 0.717) is 22.7 Å². The van der Waals surface area contributed by atoms with Gasteiger partial charge in [-0.15, -0.1) is 5.10 Å². The average molecular weight is 295 g/mol. The highest BCUT2D eigenvalue weighted by Gasteiger charge is 2.42. The van der Waals surface area contributed by atoms with Crippen molar-refractivity contribution in [2.24, 2.45) is 5.41 Å². The Bertz CT molecular complexity index is 452. The SMILES string of the molecule is CNC1C(Sc2nnnn2C2CCCC2)CCC1(C)C. The Kier molecular flexibility index (Phi) is 4.04. The van der Waals surface area contributed by atoms with Crippen LogP contribution in [0, 0.1) is 5.41 Å². The van der Waals surface area contributed by atoms with Crippen LogP contribution in [-0.4, -0.2) is 38.5 Å². The van der Waals surface area contributed by atoms with Gasteiger partial charge in [-0.1, -0.05) is 38.5 Å². The first-order valence-corrected chi connectivity index (χ1v) is 8.61. The zero-order valence-electron chi connectivity index (χ0n) is 12.7. The Balaban J connectivity index is 1.73. The van der Waals surface area contributed by atoms with Crippen molar-refractivity contribution in [2.75, 3.05) is 7.05 Å². The zero-order chi connectivity index (χ0) is 14.2. The molecule has 2 atom stereocenters. The maximum atomic E-state index is 4.28. The zero-order valence-corrected chi connectivity index (χ0v) is 13.5. The minimum absolute atomic E-state index is 0.359. The number of nitrogens with one attached hydrogen (secondary N) is 1. The highest BCUT2D eigenvalue weighted by Crippen LogP contribution is 2.45. The first-order chi connectivity index (χ1) is 9.62. The Morgan fingerprint density at radius 2 is 2.00 bits per heavy atom. The molecule has 1 N–H and O–H groups in total. The molecule has 0 spiro atoms. The molecule has 0 radical (unpaired) electrons. The molecule has 2 aliphatic carbocycles. The van der Waals surface area contributed by atoms with Gasteiger partial charge in [0.15, 0.2) is 0 Å². The van der Waals surface area contributed by atoms with Gasteiger partial charge < -0.3 is 5.32 Å². The van der Waals surface area contributed by atoms with Gasteiger partial charge in [0, 0.05) is 11.3 Å². The molecule has 112 valence electrons. The van der Waals surface area contributed by atoms with Crippen LogP contribution in [0.2, 0.25) is 0 Å². The molecule has 0 aromatic carbocycles. The first kappa shape index (κ1) is 14.3. The first-order valence-electron chi connectivity index (χ1n) is 7.73. The Hall–Kier alpha value is -0.620. The number of hydrogen-bond donors (Lipinski definition) is 1. The molecule has 0 bridgehead atoms. The van der Waals surface area contributed by atoms with E-state index in [1.165, 1.54) is 38.5 Å². The van der Waals surface area contributed by atoms with Gasteiger partial charge in [-0.2, -0.15) is 0 Å². The summed E-state index contributed by atoms with van der Waals surface area (Å²) in [6, 6.07) is 1.05. The van der Waals surface area contributed by atoms with E-state index in [1.807, 2.05) is 11.8 Å². The molecule has 6 heteroatoms. The van der Waals surface area contributed by atoms with Crippen molar-refractivity contribution >= 4 is 11.8 Å². The van der Waals surface area contributed by atoms with E-state index >= 15 is 0 Å². The van der Waals surface area contributed by atoms with Crippen molar-refractivity contribution in [2.45, 2.75) is 74.9 Å². The van der Waals surface area contributed by atoms with Gasteiger partial charge in [0.1, 0.15) is 0 Å². The second-order valence-electron chi connectivity index (χ2n) is 6.79. The van der Waals surface area contributed by atoms with Crippen molar-refractivity contribution in [3.63, 3.8) is 0 Å². The highest BCUT2D eigenvalue weighted by atomic mass is 32.2. The van der Waals surface area contributed by atoms with Crippen molar-refractivity contribution in [1.82, 2.24) is 25.5 Å². The minimum Gasteiger partial charge on any atom is -0.315 e. The molecule has 1 aromatic rings. The quantitative estimate of drug-likeness (QED) is 0.925. The molecule has 2 saturated carbocycles. The Morgan fingerprint density at radius 1 is 1.25 bits per heavy atom. The molecule has 0 amide bonds. The summed E-state index contributed by atoms with van der Waals surface area (Å²) < 4.78 is 2.08. The third kappa shape index (κ3) is 2.60. The predicted molar refractivity (Wildman–Crippen MR) is 80.8 cm³/mol. The molecular formula is C14H25N5S. The molecule has 0 saturated heterocycles. The van der Waals surface area contributed by atoms with Gasteiger partial charge in [0.2, 0.25) is 5.16 Å². The maximum absolute atomic E-state index is 4.28. The van der Waals surface area contributed by atoms with Gasteiger partial charge in [0.05, 0.1) is 6.04 Å². The smallest absolute Gasteiger partial charge is 0.209 e. The largest absolute Gasteiger partial charge is 0.315 e. The highest BCUT2D eigenvalue weighted by molar-refractivity contribution is 7.99. The van der Waals surface area contributed by atoms with Crippen LogP contribution < -0.4 is 5.32 Å². The topological polar surface area (TPSA) is 55.6 Å². The fourth-order valence-electron chi connectivity index (χ4n) is 3.82. The van der Waals surface area contributed by atoms with E-state index in [1.54, 1.807) is 0 Å². The average Bonchev–Trinajstić information content (AvgIpc) is 3.10. The van der Waals surface area contributed by atoms with Gasteiger partial charge in [-0.3, -0.25) is 0 Å². The molecule has 1 aromatic heterocycles. The third-order valence-corrected chi connectivity index (χ3v) is 6.28. The van der Waals surface area contributed by atoms with Crippen molar-refractivity contribution < 1.29 is 0 Å². The molecule has 2 unspecified atom stereocenters. The molecule has 0 aliphatic heterocycles. The fourth-order valence-corrected chi connectivity index (χ4v) is 5.34. The molecule has 20 heavy (non-hydrogen) atoms. The molecular weight excluding hydrogens is 270 g/mol. The standard InChI is InChI=1S/C14H25N5S/c1-14(2)9-8-11(12(14)15-3)20-13-16-17-18-19(13)10-6-4-5-7-10/h10-12,15H,4-9H2,1-3H3. The number of nitrogens with zero attached hydrogens (tertiary/aromatic N) is 4. The van der Waals surface area contributed by atoms with E-state index in [0.717, 1.165) is 5.16 Å². The predicted octanol–water partition coefficient (Wildman–Crippen LogP) is 2.66. The fraction of sp³-hybridized carbons (Fsp3) is 0.929. The Morgan fingerprint density at radius 3 is 2.70 bits per heavy atom. The van der Waals surface area contributed by atoms with E-state index in [4.69, 9.17) is 0 Å². The van der Waals surface area contributed by atoms with Crippen LogP contribution in [0.4, 0.5) is 0 Å². The van der Waals surface area contributed by atoms with Crippen molar-refractivity contribution in [3.8, 4) is 0 Å². The summed E-state index contributed by atoms with van der Waals surface area (Å²) >= 11 is 1.87. The van der Waals surface area contributed by atoms with E-state index < -0.39 is 0 Å². The lowest BCUT2D eigenvalue weighted by Gasteiger charge is -2.29. The van der Waals surface area contributed by atoms with Crippen LogP contribution in [0.5, 0.6) is 0 Å². The van der Waals surface area contributed by atoms with E-state index in [2.05, 4.69) is 46.4 Å². The number of thioether (sulfide) groups is 1. The summed E-state index contributed by atoms with van der Waals surface area (Å²) in [4.78, 5) is 0. The van der Waals surface area contributed by atoms with Crippen molar-refractivity contribution in [1.29, 1.82) is 0 Å². The molecule has 5 nitrogen and oxygen atoms in total. The summed E-state index contributed by atoms with van der Waals surface area (Å²) in [6.07, 6.45) is 7.57. The van der Waals surface area contributed by atoms with Gasteiger partial charge in [-0.05, 0) is 48.6 Å². The second kappa shape index (κ2) is 5.64. The molecule has 3 rings (SSSR count). The van der Waals surface area contributed by atoms with Gasteiger partial charge in [-0.25, -0.2) is 4.68 Å². The van der Waals surface area contributed by atoms with Crippen LogP contribution >= 0.6 is 11.8 Å². The van der Waals surface area contributed by atoms with Gasteiger partial charge >= 0.3 is 0 Å². The monoisotopic (exact) mass is 295 g/mol. The molecule has 2 fully saturated rings. The normalized spacial score (nSPS) is 30.1. The summed E-state index contributed by atoms with van der Waals surface area (Å²) in [5.74, 6) is 0. The number of hydrogen-bond acceptors (Lipinski definition) is 5. The summed E-state index contributed by atoms with van der Waals surface area (Å²) in [7, 11) is 2.07. The Labute approximate surface area is 125 Å².